The first-order chi connectivity index (χ1) is 13.1. The van der Waals surface area contributed by atoms with E-state index in [4.69, 9.17) is 4.74 Å². The smallest absolute Gasteiger partial charge is 0.237 e. The van der Waals surface area contributed by atoms with Crippen molar-refractivity contribution in [3.05, 3.63) is 48.0 Å². The van der Waals surface area contributed by atoms with Crippen LogP contribution < -0.4 is 10.1 Å². The van der Waals surface area contributed by atoms with Gasteiger partial charge in [-0.25, -0.2) is 4.39 Å². The lowest BCUT2D eigenvalue weighted by Crippen LogP contribution is -2.43. The van der Waals surface area contributed by atoms with Crippen LogP contribution in [-0.4, -0.2) is 41.5 Å². The van der Waals surface area contributed by atoms with Crippen molar-refractivity contribution in [2.24, 2.45) is 0 Å². The van der Waals surface area contributed by atoms with Crippen LogP contribution >= 0.6 is 0 Å². The van der Waals surface area contributed by atoms with E-state index in [-0.39, 0.29) is 17.8 Å². The predicted molar refractivity (Wildman–Crippen MR) is 101 cm³/mol. The normalized spacial score (nSPS) is 19.9. The van der Waals surface area contributed by atoms with Crippen LogP contribution in [0.2, 0.25) is 0 Å². The van der Waals surface area contributed by atoms with Crippen molar-refractivity contribution in [1.82, 2.24) is 15.2 Å². The number of methoxy groups -OCH3 is 1. The number of amides is 1. The lowest BCUT2D eigenvalue weighted by molar-refractivity contribution is -0.125. The number of hydrogen-bond acceptors (Lipinski definition) is 4. The highest BCUT2D eigenvalue weighted by molar-refractivity contribution is 5.82. The van der Waals surface area contributed by atoms with Gasteiger partial charge in [0.15, 0.2) is 0 Å². The molecule has 142 valence electrons. The summed E-state index contributed by atoms with van der Waals surface area (Å²) in [6.07, 6.45) is 7.63. The van der Waals surface area contributed by atoms with Crippen LogP contribution in [0.4, 0.5) is 4.39 Å². The van der Waals surface area contributed by atoms with Crippen molar-refractivity contribution in [1.29, 1.82) is 0 Å². The lowest BCUT2D eigenvalue weighted by Gasteiger charge is -2.23. The van der Waals surface area contributed by atoms with E-state index in [1.165, 1.54) is 12.1 Å². The molecule has 0 radical (unpaired) electrons. The number of carbonyl (C=O) groups excluding carboxylic acids is 1. The highest BCUT2D eigenvalue weighted by Crippen LogP contribution is 2.31. The molecular formula is C21H24FN3O2. The molecule has 2 fully saturated rings. The number of ether oxygens (including phenoxy) is 1. The molecule has 0 spiro atoms. The summed E-state index contributed by atoms with van der Waals surface area (Å²) in [7, 11) is 1.57. The number of rotatable bonds is 6. The van der Waals surface area contributed by atoms with Crippen molar-refractivity contribution in [2.75, 3.05) is 13.7 Å². The fraction of sp³-hybridized carbons (Fsp3) is 0.429. The summed E-state index contributed by atoms with van der Waals surface area (Å²) in [6.45, 7) is 1.55. The van der Waals surface area contributed by atoms with Gasteiger partial charge in [-0.1, -0.05) is 0 Å². The molecule has 5 nitrogen and oxygen atoms in total. The SMILES string of the molecule is COc1ccc(F)cc1-c1cncc(CN2CCCC2C(=O)NC2CC2)c1. The molecule has 6 heteroatoms. The van der Waals surface area contributed by atoms with E-state index in [0.717, 1.165) is 43.4 Å². The Morgan fingerprint density at radius 3 is 2.93 bits per heavy atom. The molecule has 1 saturated carbocycles. The summed E-state index contributed by atoms with van der Waals surface area (Å²) in [5.41, 5.74) is 2.49. The van der Waals surface area contributed by atoms with Gasteiger partial charge in [0.2, 0.25) is 5.91 Å². The van der Waals surface area contributed by atoms with Crippen LogP contribution in [0.25, 0.3) is 11.1 Å². The number of nitrogens with one attached hydrogen (secondary N) is 1. The molecular weight excluding hydrogens is 345 g/mol. The molecule has 1 aliphatic heterocycles. The molecule has 4 rings (SSSR count). The molecule has 2 heterocycles. The third-order valence-corrected chi connectivity index (χ3v) is 5.24. The largest absolute Gasteiger partial charge is 0.496 e. The van der Waals surface area contributed by atoms with Gasteiger partial charge in [-0.05, 0) is 62.1 Å². The van der Waals surface area contributed by atoms with Crippen LogP contribution in [-0.2, 0) is 11.3 Å². The molecule has 27 heavy (non-hydrogen) atoms. The van der Waals surface area contributed by atoms with Crippen LogP contribution in [0.5, 0.6) is 5.75 Å². The Morgan fingerprint density at radius 2 is 2.15 bits per heavy atom. The molecule has 1 aromatic carbocycles. The number of benzene rings is 1. The Labute approximate surface area is 158 Å². The zero-order valence-corrected chi connectivity index (χ0v) is 15.5. The Hall–Kier alpha value is -2.47. The molecule has 1 unspecified atom stereocenters. The van der Waals surface area contributed by atoms with Gasteiger partial charge in [0, 0.05) is 36.1 Å². The minimum atomic E-state index is -0.312. The molecule has 1 aromatic heterocycles. The number of aromatic nitrogens is 1. The maximum atomic E-state index is 13.7. The van der Waals surface area contributed by atoms with Gasteiger partial charge in [-0.3, -0.25) is 14.7 Å². The van der Waals surface area contributed by atoms with E-state index < -0.39 is 0 Å². The summed E-state index contributed by atoms with van der Waals surface area (Å²) in [5.74, 6) is 0.441. The number of nitrogens with zero attached hydrogens (tertiary/aromatic N) is 2. The molecule has 2 aliphatic rings. The van der Waals surface area contributed by atoms with E-state index >= 15 is 0 Å². The van der Waals surface area contributed by atoms with Crippen molar-refractivity contribution < 1.29 is 13.9 Å². The van der Waals surface area contributed by atoms with Crippen molar-refractivity contribution in [3.8, 4) is 16.9 Å². The third kappa shape index (κ3) is 4.11. The van der Waals surface area contributed by atoms with E-state index in [1.807, 2.05) is 12.3 Å². The highest BCUT2D eigenvalue weighted by atomic mass is 19.1. The average Bonchev–Trinajstić information content (AvgIpc) is 3.37. The van der Waals surface area contributed by atoms with Gasteiger partial charge in [0.1, 0.15) is 11.6 Å². The minimum Gasteiger partial charge on any atom is -0.496 e. The average molecular weight is 369 g/mol. The number of pyridine rings is 1. The van der Waals surface area contributed by atoms with E-state index in [1.54, 1.807) is 19.4 Å². The maximum absolute atomic E-state index is 13.7. The Kier molecular flexibility index (Phi) is 5.07. The fourth-order valence-electron chi connectivity index (χ4n) is 3.70. The molecule has 1 atom stereocenters. The first-order valence-corrected chi connectivity index (χ1v) is 9.46. The van der Waals surface area contributed by atoms with Gasteiger partial charge in [-0.15, -0.1) is 0 Å². The van der Waals surface area contributed by atoms with Crippen LogP contribution in [0.1, 0.15) is 31.2 Å². The highest BCUT2D eigenvalue weighted by Gasteiger charge is 2.33. The Bertz CT molecular complexity index is 838. The molecule has 1 N–H and O–H groups in total. The van der Waals surface area contributed by atoms with E-state index in [9.17, 15) is 9.18 Å². The minimum absolute atomic E-state index is 0.0713. The first kappa shape index (κ1) is 17.9. The van der Waals surface area contributed by atoms with Gasteiger partial charge < -0.3 is 10.1 Å². The van der Waals surface area contributed by atoms with Gasteiger partial charge in [0.25, 0.3) is 0 Å². The summed E-state index contributed by atoms with van der Waals surface area (Å²) >= 11 is 0. The second kappa shape index (κ2) is 7.64. The Balaban J connectivity index is 1.52. The third-order valence-electron chi connectivity index (χ3n) is 5.24. The zero-order valence-electron chi connectivity index (χ0n) is 15.5. The quantitative estimate of drug-likeness (QED) is 0.850. The summed E-state index contributed by atoms with van der Waals surface area (Å²) in [5, 5.41) is 3.12. The molecule has 0 bridgehead atoms. The lowest BCUT2D eigenvalue weighted by atomic mass is 10.0. The topological polar surface area (TPSA) is 54.5 Å². The molecule has 1 aliphatic carbocycles. The number of hydrogen-bond donors (Lipinski definition) is 1. The van der Waals surface area contributed by atoms with Crippen LogP contribution in [0.15, 0.2) is 36.7 Å². The first-order valence-electron chi connectivity index (χ1n) is 9.46. The standard InChI is InChI=1S/C21H24FN3O2/c1-27-20-7-4-16(22)10-18(20)15-9-14(11-23-12-15)13-25-8-2-3-19(25)21(26)24-17-5-6-17/h4,7,9-12,17,19H,2-3,5-6,8,13H2,1H3,(H,24,26). The Morgan fingerprint density at radius 1 is 1.30 bits per heavy atom. The van der Waals surface area contributed by atoms with Gasteiger partial charge in [0.05, 0.1) is 13.2 Å². The number of halogens is 1. The van der Waals surface area contributed by atoms with Crippen LogP contribution in [0, 0.1) is 5.82 Å². The number of carbonyl (C=O) groups is 1. The number of likely N-dealkylation sites (tertiary alicyclic amines) is 1. The summed E-state index contributed by atoms with van der Waals surface area (Å²) in [4.78, 5) is 19.0. The zero-order chi connectivity index (χ0) is 18.8. The summed E-state index contributed by atoms with van der Waals surface area (Å²) in [6, 6.07) is 6.77. The van der Waals surface area contributed by atoms with E-state index in [0.29, 0.717) is 23.9 Å². The predicted octanol–water partition coefficient (Wildman–Crippen LogP) is 3.14. The fourth-order valence-corrected chi connectivity index (χ4v) is 3.70. The summed E-state index contributed by atoms with van der Waals surface area (Å²) < 4.78 is 19.1. The second-order valence-corrected chi connectivity index (χ2v) is 7.34. The maximum Gasteiger partial charge on any atom is 0.237 e. The van der Waals surface area contributed by atoms with Crippen molar-refractivity contribution in [2.45, 2.75) is 44.3 Å². The van der Waals surface area contributed by atoms with Gasteiger partial charge >= 0.3 is 0 Å². The molecule has 1 amide bonds. The van der Waals surface area contributed by atoms with Crippen molar-refractivity contribution >= 4 is 5.91 Å². The van der Waals surface area contributed by atoms with E-state index in [2.05, 4.69) is 15.2 Å². The molecule has 1 saturated heterocycles. The van der Waals surface area contributed by atoms with Gasteiger partial charge in [-0.2, -0.15) is 0 Å². The monoisotopic (exact) mass is 369 g/mol. The second-order valence-electron chi connectivity index (χ2n) is 7.34. The van der Waals surface area contributed by atoms with Crippen molar-refractivity contribution in [3.63, 3.8) is 0 Å². The van der Waals surface area contributed by atoms with Crippen LogP contribution in [0.3, 0.4) is 0 Å². The molecule has 2 aromatic rings.